The van der Waals surface area contributed by atoms with E-state index in [4.69, 9.17) is 37.4 Å². The maximum atomic E-state index is 14.7. The molecule has 13 heteroatoms. The van der Waals surface area contributed by atoms with E-state index in [1.807, 2.05) is 0 Å². The summed E-state index contributed by atoms with van der Waals surface area (Å²) in [7, 11) is 1.46. The lowest BCUT2D eigenvalue weighted by Gasteiger charge is -2.33. The van der Waals surface area contributed by atoms with Gasteiger partial charge < -0.3 is 19.5 Å². The summed E-state index contributed by atoms with van der Waals surface area (Å²) in [5.74, 6) is -0.128. The SMILES string of the molecule is COc1cc2ncnc(Nc3ccc(Cl)c(Cl)c3F)c2cc1N1CC2(COC1=O)CN2C(=O)OC(C)(C)C. The van der Waals surface area contributed by atoms with E-state index in [1.54, 1.807) is 32.9 Å². The van der Waals surface area contributed by atoms with Gasteiger partial charge in [-0.1, -0.05) is 23.2 Å². The number of nitrogens with one attached hydrogen (secondary N) is 1. The molecule has 1 N–H and O–H groups in total. The zero-order valence-corrected chi connectivity index (χ0v) is 22.5. The largest absolute Gasteiger partial charge is 0.494 e. The van der Waals surface area contributed by atoms with E-state index in [-0.39, 0.29) is 34.7 Å². The van der Waals surface area contributed by atoms with E-state index in [9.17, 15) is 14.0 Å². The molecule has 38 heavy (non-hydrogen) atoms. The van der Waals surface area contributed by atoms with Crippen molar-refractivity contribution in [3.63, 3.8) is 0 Å². The zero-order chi connectivity index (χ0) is 27.4. The van der Waals surface area contributed by atoms with Crippen LogP contribution < -0.4 is 15.0 Å². The lowest BCUT2D eigenvalue weighted by Crippen LogP contribution is -2.51. The van der Waals surface area contributed by atoms with Crippen LogP contribution in [0.1, 0.15) is 20.8 Å². The van der Waals surface area contributed by atoms with Crippen LogP contribution in [0.3, 0.4) is 0 Å². The molecule has 2 aromatic carbocycles. The molecule has 0 bridgehead atoms. The van der Waals surface area contributed by atoms with Gasteiger partial charge in [0.2, 0.25) is 0 Å². The summed E-state index contributed by atoms with van der Waals surface area (Å²) in [6, 6.07) is 6.18. The standard InChI is InChI=1S/C25H24Cl2FN5O5/c1-24(2,3)38-23(35)33-10-25(33)9-32(22(34)37-11-25)17-7-13-16(8-18(17)36-4)29-12-30-21(13)31-15-6-5-14(26)19(27)20(15)28/h5-8,12H,9-11H2,1-4H3,(H,29,30,31). The number of rotatable bonds is 4. The molecular weight excluding hydrogens is 540 g/mol. The summed E-state index contributed by atoms with van der Waals surface area (Å²) in [4.78, 5) is 37.0. The number of halogens is 3. The van der Waals surface area contributed by atoms with Gasteiger partial charge in [-0.25, -0.2) is 23.9 Å². The van der Waals surface area contributed by atoms with E-state index >= 15 is 0 Å². The number of hydrogen-bond donors (Lipinski definition) is 1. The Morgan fingerprint density at radius 2 is 1.97 bits per heavy atom. The lowest BCUT2D eigenvalue weighted by molar-refractivity contribution is 0.0329. The van der Waals surface area contributed by atoms with Crippen LogP contribution in [-0.2, 0) is 9.47 Å². The molecular formula is C25H24Cl2FN5O5. The number of aromatic nitrogens is 2. The number of amides is 2. The molecule has 10 nitrogen and oxygen atoms in total. The van der Waals surface area contributed by atoms with Gasteiger partial charge in [0.15, 0.2) is 5.82 Å². The second kappa shape index (κ2) is 9.32. The van der Waals surface area contributed by atoms with Crippen molar-refractivity contribution in [3.8, 4) is 5.75 Å². The van der Waals surface area contributed by atoms with Crippen LogP contribution in [0.5, 0.6) is 5.75 Å². The summed E-state index contributed by atoms with van der Waals surface area (Å²) in [5.41, 5.74) is -0.490. The molecule has 2 aliphatic heterocycles. The Balaban J connectivity index is 1.50. The number of methoxy groups -OCH3 is 1. The van der Waals surface area contributed by atoms with Gasteiger partial charge in [-0.15, -0.1) is 0 Å². The highest BCUT2D eigenvalue weighted by molar-refractivity contribution is 6.42. The molecule has 0 radical (unpaired) electrons. The van der Waals surface area contributed by atoms with Crippen LogP contribution in [0.25, 0.3) is 10.9 Å². The summed E-state index contributed by atoms with van der Waals surface area (Å²) in [6.45, 7) is 5.92. The monoisotopic (exact) mass is 563 g/mol. The molecule has 0 saturated carbocycles. The zero-order valence-electron chi connectivity index (χ0n) is 21.0. The second-order valence-electron chi connectivity index (χ2n) is 10.0. The molecule has 1 atom stereocenters. The van der Waals surface area contributed by atoms with E-state index in [1.165, 1.54) is 35.4 Å². The van der Waals surface area contributed by atoms with Crippen LogP contribution in [0.4, 0.5) is 31.2 Å². The van der Waals surface area contributed by atoms with Gasteiger partial charge in [0.1, 0.15) is 35.6 Å². The van der Waals surface area contributed by atoms with Crippen LogP contribution in [-0.4, -0.2) is 65.0 Å². The molecule has 1 spiro atoms. The topological polar surface area (TPSA) is 106 Å². The average molecular weight is 564 g/mol. The molecule has 1 unspecified atom stereocenters. The number of cyclic esters (lactones) is 1. The van der Waals surface area contributed by atoms with Gasteiger partial charge in [0.05, 0.1) is 47.1 Å². The average Bonchev–Trinajstić information content (AvgIpc) is 3.58. The van der Waals surface area contributed by atoms with Crippen LogP contribution in [0.2, 0.25) is 10.0 Å². The van der Waals surface area contributed by atoms with Crippen molar-refractivity contribution in [2.45, 2.75) is 31.9 Å². The molecule has 2 fully saturated rings. The molecule has 2 saturated heterocycles. The van der Waals surface area contributed by atoms with E-state index in [2.05, 4.69) is 15.3 Å². The lowest BCUT2D eigenvalue weighted by atomic mass is 10.1. The number of carbonyl (C=O) groups excluding carboxylic acids is 2. The third-order valence-electron chi connectivity index (χ3n) is 6.19. The van der Waals surface area contributed by atoms with Gasteiger partial charge >= 0.3 is 12.2 Å². The first-order chi connectivity index (χ1) is 17.9. The molecule has 2 amide bonds. The Hall–Kier alpha value is -3.57. The maximum absolute atomic E-state index is 14.7. The maximum Gasteiger partial charge on any atom is 0.414 e. The minimum Gasteiger partial charge on any atom is -0.494 e. The molecule has 1 aromatic heterocycles. The van der Waals surface area contributed by atoms with E-state index in [0.717, 1.165) is 0 Å². The molecule has 3 aromatic rings. The number of ether oxygens (including phenoxy) is 3. The fourth-order valence-corrected chi connectivity index (χ4v) is 4.56. The summed E-state index contributed by atoms with van der Waals surface area (Å²) >= 11 is 11.9. The Bertz CT molecular complexity index is 1470. The summed E-state index contributed by atoms with van der Waals surface area (Å²) < 4.78 is 31.3. The number of nitrogens with zero attached hydrogens (tertiary/aromatic N) is 4. The van der Waals surface area contributed by atoms with Crippen LogP contribution >= 0.6 is 23.2 Å². The van der Waals surface area contributed by atoms with Crippen molar-refractivity contribution in [2.75, 3.05) is 37.0 Å². The van der Waals surface area contributed by atoms with Gasteiger partial charge in [0.25, 0.3) is 0 Å². The van der Waals surface area contributed by atoms with E-state index in [0.29, 0.717) is 28.9 Å². The fourth-order valence-electron chi connectivity index (χ4n) is 4.25. The highest BCUT2D eigenvalue weighted by atomic mass is 35.5. The van der Waals surface area contributed by atoms with Gasteiger partial charge in [0, 0.05) is 11.5 Å². The second-order valence-corrected chi connectivity index (χ2v) is 10.8. The van der Waals surface area contributed by atoms with Gasteiger partial charge in [-0.05, 0) is 39.0 Å². The number of fused-ring (bicyclic) bond motifs is 1. The molecule has 2 aliphatic rings. The molecule has 5 rings (SSSR count). The fraction of sp³-hybridized carbons (Fsp3) is 0.360. The number of anilines is 3. The quantitative estimate of drug-likeness (QED) is 0.315. The first-order valence-corrected chi connectivity index (χ1v) is 12.4. The first-order valence-electron chi connectivity index (χ1n) is 11.6. The third kappa shape index (κ3) is 4.71. The van der Waals surface area contributed by atoms with E-state index < -0.39 is 29.1 Å². The smallest absolute Gasteiger partial charge is 0.414 e. The van der Waals surface area contributed by atoms with Gasteiger partial charge in [-0.2, -0.15) is 0 Å². The van der Waals surface area contributed by atoms with Crippen molar-refractivity contribution < 1.29 is 28.2 Å². The van der Waals surface area contributed by atoms with Crippen molar-refractivity contribution in [1.29, 1.82) is 0 Å². The van der Waals surface area contributed by atoms with Crippen LogP contribution in [0, 0.1) is 5.82 Å². The highest BCUT2D eigenvalue weighted by Crippen LogP contribution is 2.43. The summed E-state index contributed by atoms with van der Waals surface area (Å²) in [6.07, 6.45) is 0.224. The minimum absolute atomic E-state index is 0.0456. The normalized spacial score (nSPS) is 19.0. The Labute approximate surface area is 227 Å². The van der Waals surface area contributed by atoms with Crippen LogP contribution in [0.15, 0.2) is 30.6 Å². The van der Waals surface area contributed by atoms with Crippen molar-refractivity contribution in [2.24, 2.45) is 0 Å². The number of hydrogen-bond acceptors (Lipinski definition) is 8. The molecule has 200 valence electrons. The predicted octanol–water partition coefficient (Wildman–Crippen LogP) is 5.77. The molecule has 3 heterocycles. The highest BCUT2D eigenvalue weighted by Gasteiger charge is 2.61. The van der Waals surface area contributed by atoms with Crippen molar-refractivity contribution >= 4 is 63.5 Å². The first kappa shape index (κ1) is 26.1. The number of benzene rings is 2. The molecule has 0 aliphatic carbocycles. The Kier molecular flexibility index (Phi) is 6.39. The predicted molar refractivity (Wildman–Crippen MR) is 140 cm³/mol. The minimum atomic E-state index is -0.739. The summed E-state index contributed by atoms with van der Waals surface area (Å²) in [5, 5.41) is 3.25. The van der Waals surface area contributed by atoms with Crippen molar-refractivity contribution in [1.82, 2.24) is 14.9 Å². The number of carbonyl (C=O) groups is 2. The van der Waals surface area contributed by atoms with Gasteiger partial charge in [-0.3, -0.25) is 9.80 Å². The Morgan fingerprint density at radius 1 is 1.21 bits per heavy atom. The third-order valence-corrected chi connectivity index (χ3v) is 6.97. The Morgan fingerprint density at radius 3 is 2.68 bits per heavy atom. The van der Waals surface area contributed by atoms with Crippen molar-refractivity contribution in [3.05, 3.63) is 46.5 Å².